The van der Waals surface area contributed by atoms with Gasteiger partial charge in [-0.15, -0.1) is 0 Å². The van der Waals surface area contributed by atoms with Gasteiger partial charge in [-0.25, -0.2) is 0 Å². The van der Waals surface area contributed by atoms with E-state index < -0.39 is 0 Å². The standard InChI is InChI=1S/C13H18N4O3/c1-8-10(7-17(3)15-8)12-11(9(2)20-16-12)13(18)14-5-6-19-4/h7H,5-6H2,1-4H3,(H,14,18). The van der Waals surface area contributed by atoms with Gasteiger partial charge in [0.15, 0.2) is 0 Å². The molecule has 7 heteroatoms. The largest absolute Gasteiger partial charge is 0.383 e. The minimum absolute atomic E-state index is 0.223. The summed E-state index contributed by atoms with van der Waals surface area (Å²) in [6.07, 6.45) is 1.82. The van der Waals surface area contributed by atoms with E-state index in [1.165, 1.54) is 0 Å². The van der Waals surface area contributed by atoms with Crippen LogP contribution >= 0.6 is 0 Å². The second kappa shape index (κ2) is 5.87. The molecule has 1 amide bonds. The number of aryl methyl sites for hydroxylation is 3. The quantitative estimate of drug-likeness (QED) is 0.827. The van der Waals surface area contributed by atoms with E-state index in [2.05, 4.69) is 15.6 Å². The Balaban J connectivity index is 2.32. The zero-order valence-electron chi connectivity index (χ0n) is 12.1. The summed E-state index contributed by atoms with van der Waals surface area (Å²) in [5.74, 6) is 0.261. The summed E-state index contributed by atoms with van der Waals surface area (Å²) in [5, 5.41) is 11.0. The van der Waals surface area contributed by atoms with E-state index in [0.29, 0.717) is 30.2 Å². The minimum atomic E-state index is -0.223. The van der Waals surface area contributed by atoms with Crippen molar-refractivity contribution in [2.24, 2.45) is 7.05 Å². The second-order valence-corrected chi connectivity index (χ2v) is 4.51. The molecule has 0 fully saturated rings. The molecule has 0 radical (unpaired) electrons. The molecule has 0 aromatic carbocycles. The van der Waals surface area contributed by atoms with Crippen LogP contribution in [0.5, 0.6) is 0 Å². The number of amides is 1. The van der Waals surface area contributed by atoms with Crippen molar-refractivity contribution in [3.63, 3.8) is 0 Å². The van der Waals surface area contributed by atoms with Crippen LogP contribution in [-0.4, -0.2) is 41.1 Å². The van der Waals surface area contributed by atoms with E-state index in [-0.39, 0.29) is 5.91 Å². The predicted molar refractivity (Wildman–Crippen MR) is 72.4 cm³/mol. The molecule has 2 aromatic heterocycles. The minimum Gasteiger partial charge on any atom is -0.383 e. The van der Waals surface area contributed by atoms with Gasteiger partial charge in [0.05, 0.1) is 12.3 Å². The van der Waals surface area contributed by atoms with E-state index in [0.717, 1.165) is 11.3 Å². The van der Waals surface area contributed by atoms with Gasteiger partial charge in [-0.2, -0.15) is 5.10 Å². The molecule has 0 aliphatic heterocycles. The lowest BCUT2D eigenvalue weighted by molar-refractivity contribution is 0.0936. The first-order valence-electron chi connectivity index (χ1n) is 6.28. The van der Waals surface area contributed by atoms with Gasteiger partial charge in [0, 0.05) is 32.5 Å². The fraction of sp³-hybridized carbons (Fsp3) is 0.462. The molecule has 2 heterocycles. The zero-order valence-corrected chi connectivity index (χ0v) is 12.1. The van der Waals surface area contributed by atoms with Crippen molar-refractivity contribution in [2.45, 2.75) is 13.8 Å². The molecule has 0 bridgehead atoms. The highest BCUT2D eigenvalue weighted by atomic mass is 16.5. The summed E-state index contributed by atoms with van der Waals surface area (Å²) in [6.45, 7) is 4.47. The molecule has 2 aromatic rings. The lowest BCUT2D eigenvalue weighted by Gasteiger charge is -2.04. The summed E-state index contributed by atoms with van der Waals surface area (Å²) in [7, 11) is 3.41. The highest BCUT2D eigenvalue weighted by Gasteiger charge is 2.23. The van der Waals surface area contributed by atoms with Crippen LogP contribution in [0.15, 0.2) is 10.7 Å². The third kappa shape index (κ3) is 2.72. The van der Waals surface area contributed by atoms with Gasteiger partial charge in [-0.3, -0.25) is 9.48 Å². The van der Waals surface area contributed by atoms with Crippen LogP contribution in [0.2, 0.25) is 0 Å². The molecule has 0 saturated heterocycles. The number of hydrogen-bond acceptors (Lipinski definition) is 5. The summed E-state index contributed by atoms with van der Waals surface area (Å²) in [5.41, 5.74) is 2.55. The molecule has 20 heavy (non-hydrogen) atoms. The number of hydrogen-bond donors (Lipinski definition) is 1. The van der Waals surface area contributed by atoms with Crippen molar-refractivity contribution in [1.29, 1.82) is 0 Å². The Hall–Kier alpha value is -2.15. The van der Waals surface area contributed by atoms with E-state index in [4.69, 9.17) is 9.26 Å². The number of rotatable bonds is 5. The second-order valence-electron chi connectivity index (χ2n) is 4.51. The van der Waals surface area contributed by atoms with Crippen LogP contribution < -0.4 is 5.32 Å². The number of carbonyl (C=O) groups is 1. The highest BCUT2D eigenvalue weighted by Crippen LogP contribution is 2.27. The Morgan fingerprint density at radius 3 is 2.85 bits per heavy atom. The Labute approximate surface area is 116 Å². The van der Waals surface area contributed by atoms with Gasteiger partial charge in [0.2, 0.25) is 0 Å². The van der Waals surface area contributed by atoms with Gasteiger partial charge < -0.3 is 14.6 Å². The molecule has 0 spiro atoms. The molecule has 1 N–H and O–H groups in total. The number of aromatic nitrogens is 3. The van der Waals surface area contributed by atoms with E-state index >= 15 is 0 Å². The summed E-state index contributed by atoms with van der Waals surface area (Å²) >= 11 is 0. The number of carbonyl (C=O) groups excluding carboxylic acids is 1. The average molecular weight is 278 g/mol. The fourth-order valence-electron chi connectivity index (χ4n) is 2.01. The Morgan fingerprint density at radius 1 is 1.50 bits per heavy atom. The van der Waals surface area contributed by atoms with E-state index in [1.54, 1.807) is 18.7 Å². The monoisotopic (exact) mass is 278 g/mol. The highest BCUT2D eigenvalue weighted by molar-refractivity contribution is 6.00. The molecule has 0 unspecified atom stereocenters. The normalized spacial score (nSPS) is 10.8. The third-order valence-electron chi connectivity index (χ3n) is 2.95. The van der Waals surface area contributed by atoms with Gasteiger partial charge >= 0.3 is 0 Å². The van der Waals surface area contributed by atoms with Crippen molar-refractivity contribution in [1.82, 2.24) is 20.3 Å². The molecule has 0 saturated carbocycles. The Bertz CT molecular complexity index is 615. The van der Waals surface area contributed by atoms with Crippen molar-refractivity contribution in [3.8, 4) is 11.3 Å². The maximum Gasteiger partial charge on any atom is 0.257 e. The van der Waals surface area contributed by atoms with Crippen LogP contribution in [-0.2, 0) is 11.8 Å². The maximum atomic E-state index is 12.2. The van der Waals surface area contributed by atoms with Crippen LogP contribution in [0.3, 0.4) is 0 Å². The van der Waals surface area contributed by atoms with Crippen LogP contribution in [0.25, 0.3) is 11.3 Å². The van der Waals surface area contributed by atoms with Gasteiger partial charge in [-0.1, -0.05) is 5.16 Å². The maximum absolute atomic E-state index is 12.2. The summed E-state index contributed by atoms with van der Waals surface area (Å²) in [6, 6.07) is 0. The van der Waals surface area contributed by atoms with E-state index in [9.17, 15) is 4.79 Å². The smallest absolute Gasteiger partial charge is 0.257 e. The van der Waals surface area contributed by atoms with Crippen molar-refractivity contribution >= 4 is 5.91 Å². The SMILES string of the molecule is COCCNC(=O)c1c(-c2cn(C)nc2C)noc1C. The molecule has 108 valence electrons. The van der Waals surface area contributed by atoms with Crippen LogP contribution in [0, 0.1) is 13.8 Å². The first-order chi connectivity index (χ1) is 9.54. The third-order valence-corrected chi connectivity index (χ3v) is 2.95. The lowest BCUT2D eigenvalue weighted by Crippen LogP contribution is -2.27. The van der Waals surface area contributed by atoms with Gasteiger partial charge in [0.25, 0.3) is 5.91 Å². The summed E-state index contributed by atoms with van der Waals surface area (Å²) < 4.78 is 11.8. The first-order valence-corrected chi connectivity index (χ1v) is 6.28. The molecule has 0 aliphatic carbocycles. The van der Waals surface area contributed by atoms with Gasteiger partial charge in [-0.05, 0) is 13.8 Å². The van der Waals surface area contributed by atoms with Crippen molar-refractivity contribution in [3.05, 3.63) is 23.2 Å². The van der Waals surface area contributed by atoms with Crippen LogP contribution in [0.1, 0.15) is 21.8 Å². The number of ether oxygens (including phenoxy) is 1. The van der Waals surface area contributed by atoms with Crippen molar-refractivity contribution in [2.75, 3.05) is 20.3 Å². The van der Waals surface area contributed by atoms with Crippen LogP contribution in [0.4, 0.5) is 0 Å². The molecule has 2 rings (SSSR count). The molecule has 7 nitrogen and oxygen atoms in total. The fourth-order valence-corrected chi connectivity index (χ4v) is 2.01. The Kier molecular flexibility index (Phi) is 4.19. The van der Waals surface area contributed by atoms with Gasteiger partial charge in [0.1, 0.15) is 17.0 Å². The zero-order chi connectivity index (χ0) is 14.7. The summed E-state index contributed by atoms with van der Waals surface area (Å²) in [4.78, 5) is 12.2. The lowest BCUT2D eigenvalue weighted by atomic mass is 10.1. The number of nitrogens with one attached hydrogen (secondary N) is 1. The topological polar surface area (TPSA) is 82.2 Å². The predicted octanol–water partition coefficient (Wildman–Crippen LogP) is 1.07. The molecular weight excluding hydrogens is 260 g/mol. The molecular formula is C13H18N4O3. The molecule has 0 aliphatic rings. The van der Waals surface area contributed by atoms with Crippen molar-refractivity contribution < 1.29 is 14.1 Å². The number of methoxy groups -OCH3 is 1. The van der Waals surface area contributed by atoms with E-state index in [1.807, 2.05) is 20.2 Å². The number of nitrogens with zero attached hydrogens (tertiary/aromatic N) is 3. The first kappa shape index (κ1) is 14.3. The average Bonchev–Trinajstić information content (AvgIpc) is 2.92. The molecule has 0 atom stereocenters. The Morgan fingerprint density at radius 2 is 2.25 bits per heavy atom.